The number of nitrogens with one attached hydrogen (secondary N) is 2. The van der Waals surface area contributed by atoms with Gasteiger partial charge in [-0.15, -0.1) is 0 Å². The summed E-state index contributed by atoms with van der Waals surface area (Å²) in [6, 6.07) is 13.8. The van der Waals surface area contributed by atoms with Crippen molar-refractivity contribution >= 4 is 23.5 Å². The van der Waals surface area contributed by atoms with Gasteiger partial charge < -0.3 is 20.1 Å². The molecule has 28 heavy (non-hydrogen) atoms. The van der Waals surface area contributed by atoms with Crippen LogP contribution in [0.2, 0.25) is 0 Å². The molecule has 0 aliphatic carbocycles. The summed E-state index contributed by atoms with van der Waals surface area (Å²) in [4.78, 5) is 35.9. The third kappa shape index (κ3) is 6.42. The molecule has 1 unspecified atom stereocenters. The molecule has 0 bridgehead atoms. The van der Waals surface area contributed by atoms with Crippen molar-refractivity contribution in [3.63, 3.8) is 0 Å². The molecule has 2 aromatic rings. The molecule has 0 saturated heterocycles. The zero-order valence-electron chi connectivity index (χ0n) is 16.2. The van der Waals surface area contributed by atoms with Crippen molar-refractivity contribution in [1.82, 2.24) is 5.32 Å². The first-order valence-electron chi connectivity index (χ1n) is 8.97. The van der Waals surface area contributed by atoms with Gasteiger partial charge in [-0.2, -0.15) is 0 Å². The number of hydrogen-bond acceptors (Lipinski definition) is 5. The van der Waals surface area contributed by atoms with Gasteiger partial charge in [-0.05, 0) is 51.1 Å². The second kappa shape index (κ2) is 10.1. The average molecular weight is 384 g/mol. The second-order valence-corrected chi connectivity index (χ2v) is 6.17. The van der Waals surface area contributed by atoms with E-state index in [4.69, 9.17) is 9.47 Å². The van der Waals surface area contributed by atoms with E-state index in [0.717, 1.165) is 5.56 Å². The van der Waals surface area contributed by atoms with Crippen molar-refractivity contribution < 1.29 is 23.9 Å². The van der Waals surface area contributed by atoms with E-state index in [0.29, 0.717) is 23.5 Å². The van der Waals surface area contributed by atoms with Gasteiger partial charge in [0.1, 0.15) is 5.75 Å². The molecule has 0 radical (unpaired) electrons. The fourth-order valence-corrected chi connectivity index (χ4v) is 2.32. The number of carbonyl (C=O) groups is 3. The van der Waals surface area contributed by atoms with E-state index >= 15 is 0 Å². The highest BCUT2D eigenvalue weighted by Crippen LogP contribution is 2.14. The third-order valence-electron chi connectivity index (χ3n) is 3.76. The Morgan fingerprint density at radius 1 is 1.07 bits per heavy atom. The van der Waals surface area contributed by atoms with Crippen molar-refractivity contribution in [3.05, 3.63) is 59.7 Å². The fraction of sp³-hybridized carbons (Fsp3) is 0.286. The maximum absolute atomic E-state index is 12.0. The lowest BCUT2D eigenvalue weighted by Crippen LogP contribution is -2.29. The van der Waals surface area contributed by atoms with Crippen LogP contribution in [0.3, 0.4) is 0 Å². The lowest BCUT2D eigenvalue weighted by molar-refractivity contribution is -0.153. The number of rotatable bonds is 8. The second-order valence-electron chi connectivity index (χ2n) is 6.17. The number of anilines is 1. The van der Waals surface area contributed by atoms with Crippen LogP contribution in [0.5, 0.6) is 5.75 Å². The molecular weight excluding hydrogens is 360 g/mol. The van der Waals surface area contributed by atoms with Gasteiger partial charge in [-0.1, -0.05) is 23.8 Å². The first-order chi connectivity index (χ1) is 13.4. The molecule has 0 heterocycles. The molecule has 0 saturated carbocycles. The molecule has 0 spiro atoms. The van der Waals surface area contributed by atoms with Gasteiger partial charge in [0, 0.05) is 17.8 Å². The minimum atomic E-state index is -0.850. The minimum Gasteiger partial charge on any atom is -0.479 e. The van der Waals surface area contributed by atoms with Gasteiger partial charge in [0.25, 0.3) is 11.8 Å². The molecule has 0 aromatic heterocycles. The van der Waals surface area contributed by atoms with E-state index in [1.807, 2.05) is 26.0 Å². The van der Waals surface area contributed by atoms with Crippen LogP contribution in [-0.2, 0) is 14.3 Å². The standard InChI is InChI=1S/C21H24N2O5/c1-4-22-20(25)16-6-5-7-17(12-16)23-19(24)13-27-21(26)15(3)28-18-10-8-14(2)9-11-18/h5-12,15H,4,13H2,1-3H3,(H,22,25)(H,23,24). The van der Waals surface area contributed by atoms with Crippen molar-refractivity contribution in [2.45, 2.75) is 26.9 Å². The van der Waals surface area contributed by atoms with Crippen LogP contribution in [-0.4, -0.2) is 37.0 Å². The Balaban J connectivity index is 1.83. The zero-order valence-corrected chi connectivity index (χ0v) is 16.2. The van der Waals surface area contributed by atoms with Crippen molar-refractivity contribution in [3.8, 4) is 5.75 Å². The van der Waals surface area contributed by atoms with Crippen LogP contribution in [0.15, 0.2) is 48.5 Å². The SMILES string of the molecule is CCNC(=O)c1cccc(NC(=O)COC(=O)C(C)Oc2ccc(C)cc2)c1. The summed E-state index contributed by atoms with van der Waals surface area (Å²) in [6.45, 7) is 5.38. The van der Waals surface area contributed by atoms with Gasteiger partial charge in [0.2, 0.25) is 0 Å². The summed E-state index contributed by atoms with van der Waals surface area (Å²) in [6.07, 6.45) is -0.850. The number of benzene rings is 2. The number of hydrogen-bond donors (Lipinski definition) is 2. The molecular formula is C21H24N2O5. The van der Waals surface area contributed by atoms with Crippen molar-refractivity contribution in [1.29, 1.82) is 0 Å². The van der Waals surface area contributed by atoms with Gasteiger partial charge in [-0.25, -0.2) is 4.79 Å². The molecule has 2 amide bonds. The van der Waals surface area contributed by atoms with E-state index in [2.05, 4.69) is 10.6 Å². The van der Waals surface area contributed by atoms with E-state index < -0.39 is 24.6 Å². The monoisotopic (exact) mass is 384 g/mol. The van der Waals surface area contributed by atoms with Crippen LogP contribution in [0, 0.1) is 6.92 Å². The first kappa shape index (κ1) is 21.0. The summed E-state index contributed by atoms with van der Waals surface area (Å²) >= 11 is 0. The molecule has 1 atom stereocenters. The van der Waals surface area contributed by atoms with Gasteiger partial charge in [-0.3, -0.25) is 9.59 Å². The van der Waals surface area contributed by atoms with Crippen LogP contribution >= 0.6 is 0 Å². The predicted octanol–water partition coefficient (Wildman–Crippen LogP) is 2.69. The van der Waals surface area contributed by atoms with E-state index in [1.54, 1.807) is 43.3 Å². The highest BCUT2D eigenvalue weighted by molar-refractivity contribution is 5.97. The fourth-order valence-electron chi connectivity index (χ4n) is 2.32. The molecule has 2 rings (SSSR count). The predicted molar refractivity (Wildman–Crippen MR) is 105 cm³/mol. The third-order valence-corrected chi connectivity index (χ3v) is 3.76. The number of aryl methyl sites for hydroxylation is 1. The Labute approximate surface area is 164 Å². The normalized spacial score (nSPS) is 11.2. The van der Waals surface area contributed by atoms with E-state index in [-0.39, 0.29) is 5.91 Å². The largest absolute Gasteiger partial charge is 0.479 e. The minimum absolute atomic E-state index is 0.230. The zero-order chi connectivity index (χ0) is 20.5. The van der Waals surface area contributed by atoms with E-state index in [9.17, 15) is 14.4 Å². The topological polar surface area (TPSA) is 93.7 Å². The lowest BCUT2D eigenvalue weighted by atomic mass is 10.2. The van der Waals surface area contributed by atoms with Gasteiger partial charge in [0.05, 0.1) is 0 Å². The molecule has 2 aromatic carbocycles. The summed E-state index contributed by atoms with van der Waals surface area (Å²) in [7, 11) is 0. The molecule has 148 valence electrons. The van der Waals surface area contributed by atoms with E-state index in [1.165, 1.54) is 0 Å². The number of esters is 1. The highest BCUT2D eigenvalue weighted by atomic mass is 16.6. The Bertz CT molecular complexity index is 833. The Hall–Kier alpha value is -3.35. The van der Waals surface area contributed by atoms with Crippen LogP contribution in [0.1, 0.15) is 29.8 Å². The van der Waals surface area contributed by atoms with Crippen molar-refractivity contribution in [2.24, 2.45) is 0 Å². The number of ether oxygens (including phenoxy) is 2. The number of amides is 2. The molecule has 7 nitrogen and oxygen atoms in total. The maximum atomic E-state index is 12.0. The van der Waals surface area contributed by atoms with Crippen molar-refractivity contribution in [2.75, 3.05) is 18.5 Å². The first-order valence-corrected chi connectivity index (χ1v) is 8.97. The molecule has 0 aliphatic rings. The van der Waals surface area contributed by atoms with Crippen LogP contribution < -0.4 is 15.4 Å². The lowest BCUT2D eigenvalue weighted by Gasteiger charge is -2.14. The summed E-state index contributed by atoms with van der Waals surface area (Å²) in [5.41, 5.74) is 1.95. The summed E-state index contributed by atoms with van der Waals surface area (Å²) in [5.74, 6) is -0.843. The molecule has 7 heteroatoms. The average Bonchev–Trinajstić information content (AvgIpc) is 2.68. The van der Waals surface area contributed by atoms with Crippen LogP contribution in [0.25, 0.3) is 0 Å². The maximum Gasteiger partial charge on any atom is 0.347 e. The molecule has 0 aliphatic heterocycles. The Morgan fingerprint density at radius 2 is 1.79 bits per heavy atom. The van der Waals surface area contributed by atoms with Gasteiger partial charge >= 0.3 is 5.97 Å². The Kier molecular flexibility index (Phi) is 7.56. The number of carbonyl (C=O) groups excluding carboxylic acids is 3. The Morgan fingerprint density at radius 3 is 2.46 bits per heavy atom. The molecule has 2 N–H and O–H groups in total. The smallest absolute Gasteiger partial charge is 0.347 e. The summed E-state index contributed by atoms with van der Waals surface area (Å²) < 4.78 is 10.5. The quantitative estimate of drug-likeness (QED) is 0.683. The van der Waals surface area contributed by atoms with Gasteiger partial charge in [0.15, 0.2) is 12.7 Å². The molecule has 0 fully saturated rings. The highest BCUT2D eigenvalue weighted by Gasteiger charge is 2.18. The summed E-state index contributed by atoms with van der Waals surface area (Å²) in [5, 5.41) is 5.28. The van der Waals surface area contributed by atoms with Crippen LogP contribution in [0.4, 0.5) is 5.69 Å².